The van der Waals surface area contributed by atoms with E-state index < -0.39 is 0 Å². The molecule has 0 saturated carbocycles. The number of nitrogens with zero attached hydrogens (tertiary/aromatic N) is 1. The molecule has 3 nitrogen and oxygen atoms in total. The van der Waals surface area contributed by atoms with Crippen molar-refractivity contribution in [2.75, 3.05) is 0 Å². The van der Waals surface area contributed by atoms with Crippen molar-refractivity contribution in [3.63, 3.8) is 0 Å². The summed E-state index contributed by atoms with van der Waals surface area (Å²) in [7, 11) is 0. The minimum absolute atomic E-state index is 0.127. The minimum Gasteiger partial charge on any atom is -0.489 e. The first-order valence-electron chi connectivity index (χ1n) is 11.5. The van der Waals surface area contributed by atoms with E-state index >= 15 is 0 Å². The SMILES string of the molecule is C=C/C=C\C(=C/C)c1ccc2cc(OCc3c(-c4c(Cl)cccc4Cl)noc3C(C)C)ccc2c1. The van der Waals surface area contributed by atoms with Gasteiger partial charge < -0.3 is 9.26 Å². The van der Waals surface area contributed by atoms with Gasteiger partial charge in [0.1, 0.15) is 23.8 Å². The van der Waals surface area contributed by atoms with Gasteiger partial charge in [0.25, 0.3) is 0 Å². The molecule has 0 aliphatic carbocycles. The molecule has 0 spiro atoms. The summed E-state index contributed by atoms with van der Waals surface area (Å²) in [6.07, 6.45) is 7.86. The smallest absolute Gasteiger partial charge is 0.146 e. The number of rotatable bonds is 8. The first-order chi connectivity index (χ1) is 16.9. The molecule has 178 valence electrons. The van der Waals surface area contributed by atoms with E-state index in [9.17, 15) is 0 Å². The average molecular weight is 504 g/mol. The summed E-state index contributed by atoms with van der Waals surface area (Å²) < 4.78 is 11.9. The van der Waals surface area contributed by atoms with Gasteiger partial charge in [-0.1, -0.05) is 97.4 Å². The van der Waals surface area contributed by atoms with Crippen LogP contribution in [0.15, 0.2) is 90.0 Å². The number of ether oxygens (including phenoxy) is 1. The molecule has 0 radical (unpaired) electrons. The first kappa shape index (κ1) is 24.8. The van der Waals surface area contributed by atoms with Crippen molar-refractivity contribution >= 4 is 39.5 Å². The maximum atomic E-state index is 6.46. The third kappa shape index (κ3) is 5.37. The molecule has 1 aromatic heterocycles. The van der Waals surface area contributed by atoms with Gasteiger partial charge in [0.15, 0.2) is 0 Å². The van der Waals surface area contributed by atoms with E-state index in [0.29, 0.717) is 21.3 Å². The number of aromatic nitrogens is 1. The van der Waals surface area contributed by atoms with Gasteiger partial charge in [0.05, 0.1) is 15.6 Å². The molecule has 5 heteroatoms. The lowest BCUT2D eigenvalue weighted by Crippen LogP contribution is -2.01. The normalized spacial score (nSPS) is 12.1. The highest BCUT2D eigenvalue weighted by Crippen LogP contribution is 2.39. The largest absolute Gasteiger partial charge is 0.489 e. The van der Waals surface area contributed by atoms with Crippen LogP contribution < -0.4 is 4.74 Å². The molecule has 35 heavy (non-hydrogen) atoms. The molecule has 0 bridgehead atoms. The molecule has 0 aliphatic rings. The highest BCUT2D eigenvalue weighted by Gasteiger charge is 2.23. The fourth-order valence-corrected chi connectivity index (χ4v) is 4.59. The van der Waals surface area contributed by atoms with Crippen molar-refractivity contribution in [1.82, 2.24) is 5.16 Å². The minimum atomic E-state index is 0.127. The Morgan fingerprint density at radius 1 is 1.06 bits per heavy atom. The molecule has 0 amide bonds. The van der Waals surface area contributed by atoms with E-state index in [1.165, 1.54) is 0 Å². The van der Waals surface area contributed by atoms with Crippen molar-refractivity contribution in [2.45, 2.75) is 33.3 Å². The van der Waals surface area contributed by atoms with Crippen LogP contribution in [0.1, 0.15) is 43.6 Å². The Balaban J connectivity index is 1.63. The van der Waals surface area contributed by atoms with E-state index in [0.717, 1.165) is 39.0 Å². The highest BCUT2D eigenvalue weighted by atomic mass is 35.5. The number of allylic oxidation sites excluding steroid dienone is 5. The highest BCUT2D eigenvalue weighted by molar-refractivity contribution is 6.39. The van der Waals surface area contributed by atoms with Crippen molar-refractivity contribution < 1.29 is 9.26 Å². The number of fused-ring (bicyclic) bond motifs is 1. The van der Waals surface area contributed by atoms with Crippen molar-refractivity contribution in [2.24, 2.45) is 0 Å². The number of benzene rings is 3. The zero-order valence-corrected chi connectivity index (χ0v) is 21.5. The van der Waals surface area contributed by atoms with Crippen LogP contribution >= 0.6 is 23.2 Å². The number of hydrogen-bond acceptors (Lipinski definition) is 3. The van der Waals surface area contributed by atoms with E-state index in [4.69, 9.17) is 32.5 Å². The van der Waals surface area contributed by atoms with Gasteiger partial charge in [0, 0.05) is 11.5 Å². The quantitative estimate of drug-likeness (QED) is 0.224. The molecule has 0 saturated heterocycles. The molecule has 0 N–H and O–H groups in total. The predicted molar refractivity (Wildman–Crippen MR) is 147 cm³/mol. The molecule has 0 unspecified atom stereocenters. The Kier molecular flexibility index (Phi) is 7.80. The van der Waals surface area contributed by atoms with Gasteiger partial charge in [0.2, 0.25) is 0 Å². The lowest BCUT2D eigenvalue weighted by molar-refractivity contribution is 0.299. The second kappa shape index (κ2) is 11.0. The summed E-state index contributed by atoms with van der Waals surface area (Å²) in [4.78, 5) is 0. The van der Waals surface area contributed by atoms with E-state index in [1.54, 1.807) is 18.2 Å². The van der Waals surface area contributed by atoms with Crippen LogP contribution in [0, 0.1) is 0 Å². The van der Waals surface area contributed by atoms with Crippen molar-refractivity contribution in [3.8, 4) is 17.0 Å². The summed E-state index contributed by atoms with van der Waals surface area (Å²) in [5, 5.41) is 7.58. The van der Waals surface area contributed by atoms with Crippen LogP contribution in [0.5, 0.6) is 5.75 Å². The average Bonchev–Trinajstić information content (AvgIpc) is 3.26. The number of hydrogen-bond donors (Lipinski definition) is 0. The fourth-order valence-electron chi connectivity index (χ4n) is 4.02. The third-order valence-corrected chi connectivity index (χ3v) is 6.42. The maximum absolute atomic E-state index is 6.46. The molecular formula is C30H27Cl2NO2. The standard InChI is InChI=1S/C30H27Cl2NO2/c1-5-7-9-20(6-2)21-12-13-23-17-24(15-14-22(23)16-21)34-18-25-29(33-35-30(25)19(3)4)28-26(31)10-8-11-27(28)32/h5-17,19H,1,18H2,2-4H3/b9-7-,20-6+. The molecule has 0 atom stereocenters. The monoisotopic (exact) mass is 503 g/mol. The van der Waals surface area contributed by atoms with Gasteiger partial charge in [-0.2, -0.15) is 0 Å². The molecular weight excluding hydrogens is 477 g/mol. The van der Waals surface area contributed by atoms with E-state index in [1.807, 2.05) is 31.2 Å². The van der Waals surface area contributed by atoms with Crippen molar-refractivity contribution in [3.05, 3.63) is 112 Å². The van der Waals surface area contributed by atoms with E-state index in [-0.39, 0.29) is 12.5 Å². The van der Waals surface area contributed by atoms with Crippen LogP contribution in [0.4, 0.5) is 0 Å². The summed E-state index contributed by atoms with van der Waals surface area (Å²) in [5.74, 6) is 1.64. The van der Waals surface area contributed by atoms with Gasteiger partial charge in [-0.05, 0) is 59.2 Å². The summed E-state index contributed by atoms with van der Waals surface area (Å²) in [6.45, 7) is 10.2. The third-order valence-electron chi connectivity index (χ3n) is 5.79. The van der Waals surface area contributed by atoms with Crippen LogP contribution in [0.25, 0.3) is 27.6 Å². The zero-order chi connectivity index (χ0) is 24.9. The Morgan fingerprint density at radius 3 is 2.46 bits per heavy atom. The molecule has 4 aromatic rings. The molecule has 3 aromatic carbocycles. The van der Waals surface area contributed by atoms with Gasteiger partial charge in [-0.3, -0.25) is 0 Å². The van der Waals surface area contributed by atoms with E-state index in [2.05, 4.69) is 62.0 Å². The second-order valence-corrected chi connectivity index (χ2v) is 9.29. The topological polar surface area (TPSA) is 35.3 Å². The van der Waals surface area contributed by atoms with Crippen molar-refractivity contribution in [1.29, 1.82) is 0 Å². The predicted octanol–water partition coefficient (Wildman–Crippen LogP) is 9.65. The Morgan fingerprint density at radius 2 is 1.77 bits per heavy atom. The maximum Gasteiger partial charge on any atom is 0.146 e. The van der Waals surface area contributed by atoms with Gasteiger partial charge >= 0.3 is 0 Å². The van der Waals surface area contributed by atoms with Crippen LogP contribution in [-0.2, 0) is 6.61 Å². The lowest BCUT2D eigenvalue weighted by atomic mass is 10.0. The molecule has 0 fully saturated rings. The zero-order valence-electron chi connectivity index (χ0n) is 20.0. The second-order valence-electron chi connectivity index (χ2n) is 8.48. The molecule has 1 heterocycles. The van der Waals surface area contributed by atoms with Crippen LogP contribution in [0.3, 0.4) is 0 Å². The first-order valence-corrected chi connectivity index (χ1v) is 12.2. The lowest BCUT2D eigenvalue weighted by Gasteiger charge is -2.12. The summed E-state index contributed by atoms with van der Waals surface area (Å²) >= 11 is 12.9. The molecule has 0 aliphatic heterocycles. The van der Waals surface area contributed by atoms with Gasteiger partial charge in [-0.15, -0.1) is 0 Å². The Bertz CT molecular complexity index is 1410. The summed E-state index contributed by atoms with van der Waals surface area (Å²) in [6, 6.07) is 17.9. The fraction of sp³-hybridized carbons (Fsp3) is 0.167. The Labute approximate surface area is 216 Å². The summed E-state index contributed by atoms with van der Waals surface area (Å²) in [5.41, 5.74) is 4.41. The molecule has 4 rings (SSSR count). The number of halogens is 2. The van der Waals surface area contributed by atoms with Crippen LogP contribution in [0.2, 0.25) is 10.0 Å². The van der Waals surface area contributed by atoms with Crippen LogP contribution in [-0.4, -0.2) is 5.16 Å². The Hall–Kier alpha value is -3.27. The van der Waals surface area contributed by atoms with Gasteiger partial charge in [-0.25, -0.2) is 0 Å².